The summed E-state index contributed by atoms with van der Waals surface area (Å²) in [6.45, 7) is 2.80. The van der Waals surface area contributed by atoms with E-state index in [1.807, 2.05) is 6.08 Å². The lowest BCUT2D eigenvalue weighted by molar-refractivity contribution is -0.869. The maximum Gasteiger partial charge on any atom is 0.394 e. The van der Waals surface area contributed by atoms with E-state index in [0.29, 0.717) is 5.57 Å². The topological polar surface area (TPSA) is 101 Å². The van der Waals surface area contributed by atoms with Crippen LogP contribution in [0.5, 0.6) is 0 Å². The van der Waals surface area contributed by atoms with E-state index in [9.17, 15) is 4.79 Å². The Morgan fingerprint density at radius 3 is 1.94 bits per heavy atom. The van der Waals surface area contributed by atoms with E-state index in [2.05, 4.69) is 25.9 Å². The van der Waals surface area contributed by atoms with Crippen molar-refractivity contribution in [1.29, 1.82) is 0 Å². The van der Waals surface area contributed by atoms with E-state index in [4.69, 9.17) is 17.5 Å². The zero-order valence-electron chi connectivity index (χ0n) is 11.4. The van der Waals surface area contributed by atoms with E-state index in [0.717, 1.165) is 17.4 Å². The molecule has 0 aliphatic rings. The average Bonchev–Trinajstić information content (AvgIpc) is 2.11. The molecule has 7 nitrogen and oxygen atoms in total. The largest absolute Gasteiger partial charge is 0.466 e. The number of hydrogen-bond donors (Lipinski definition) is 2. The van der Waals surface area contributed by atoms with Crippen LogP contribution >= 0.6 is 0 Å². The molecular weight excluding hydrogens is 262 g/mol. The summed E-state index contributed by atoms with van der Waals surface area (Å²) in [6.07, 6.45) is 2.83. The molecule has 0 aliphatic heterocycles. The van der Waals surface area contributed by atoms with Gasteiger partial charge < -0.3 is 9.22 Å². The monoisotopic (exact) mass is 284 g/mol. The van der Waals surface area contributed by atoms with Gasteiger partial charge in [0.15, 0.2) is 0 Å². The van der Waals surface area contributed by atoms with Crippen LogP contribution in [0.4, 0.5) is 0 Å². The van der Waals surface area contributed by atoms with Crippen molar-refractivity contribution in [3.63, 3.8) is 0 Å². The van der Waals surface area contributed by atoms with Crippen LogP contribution in [0.1, 0.15) is 13.3 Å². The summed E-state index contributed by atoms with van der Waals surface area (Å²) in [5.74, 6) is -0.235. The number of ether oxygens (including phenoxy) is 1. The van der Waals surface area contributed by atoms with Gasteiger partial charge in [-0.15, -0.1) is 0 Å². The van der Waals surface area contributed by atoms with Gasteiger partial charge >= 0.3 is 16.4 Å². The van der Waals surface area contributed by atoms with Crippen LogP contribution < -0.4 is 0 Å². The molecule has 0 saturated heterocycles. The zero-order chi connectivity index (χ0) is 15.0. The molecule has 2 N–H and O–H groups in total. The minimum atomic E-state index is -4.67. The molecule has 0 amide bonds. The van der Waals surface area contributed by atoms with E-state index >= 15 is 0 Å². The molecule has 0 bridgehead atoms. The van der Waals surface area contributed by atoms with Crippen LogP contribution in [0.25, 0.3) is 0 Å². The third-order valence-corrected chi connectivity index (χ3v) is 1.76. The zero-order valence-corrected chi connectivity index (χ0v) is 12.2. The minimum absolute atomic E-state index is 0.235. The number of quaternary nitrogens is 1. The molecule has 0 aromatic carbocycles. The van der Waals surface area contributed by atoms with Gasteiger partial charge in [-0.05, 0) is 6.92 Å². The Bertz CT molecular complexity index is 372. The molecule has 0 unspecified atom stereocenters. The summed E-state index contributed by atoms with van der Waals surface area (Å²) in [4.78, 5) is 11.0. The minimum Gasteiger partial charge on any atom is -0.466 e. The predicted molar refractivity (Wildman–Crippen MR) is 67.5 cm³/mol. The number of carbonyl (C=O) groups excluding carboxylic acids is 1. The van der Waals surface area contributed by atoms with Gasteiger partial charge in [-0.25, -0.2) is 4.79 Å². The summed E-state index contributed by atoms with van der Waals surface area (Å²) in [6, 6.07) is 0. The fraction of sp³-hybridized carbons (Fsp3) is 0.700. The van der Waals surface area contributed by atoms with Crippen LogP contribution in [-0.2, 0) is 19.9 Å². The number of hydrogen-bond acceptors (Lipinski definition) is 4. The van der Waals surface area contributed by atoms with E-state index in [1.165, 1.54) is 7.11 Å². The summed E-state index contributed by atoms with van der Waals surface area (Å²) in [5.41, 5.74) is 0.691. The second kappa shape index (κ2) is 8.20. The molecule has 0 fully saturated rings. The summed E-state index contributed by atoms with van der Waals surface area (Å²) < 4.78 is 37.1. The van der Waals surface area contributed by atoms with Gasteiger partial charge in [0.2, 0.25) is 0 Å². The van der Waals surface area contributed by atoms with Crippen molar-refractivity contribution in [2.45, 2.75) is 13.3 Å². The van der Waals surface area contributed by atoms with Crippen LogP contribution in [0, 0.1) is 0 Å². The van der Waals surface area contributed by atoms with Crippen molar-refractivity contribution in [2.75, 3.05) is 34.8 Å². The number of nitrogens with zero attached hydrogens (tertiary/aromatic N) is 1. The molecule has 0 aromatic rings. The fourth-order valence-corrected chi connectivity index (χ4v) is 0.913. The van der Waals surface area contributed by atoms with Crippen LogP contribution in [0.15, 0.2) is 11.6 Å². The second-order valence-corrected chi connectivity index (χ2v) is 5.52. The first-order chi connectivity index (χ1) is 7.87. The standard InChI is InChI=1S/C10H20NO2.H2O4S/c1-9(10(12)13-5)7-6-8-11(2,3)4;1-5(2,3)4/h7H,6,8H2,1-5H3;(H2,1,2,3,4)/q+1;. The van der Waals surface area contributed by atoms with Crippen molar-refractivity contribution in [1.82, 2.24) is 0 Å². The van der Waals surface area contributed by atoms with Gasteiger partial charge in [0.25, 0.3) is 0 Å². The Hall–Kier alpha value is -0.960. The van der Waals surface area contributed by atoms with Gasteiger partial charge in [-0.1, -0.05) is 6.08 Å². The molecule has 0 radical (unpaired) electrons. The molecule has 0 saturated carbocycles. The van der Waals surface area contributed by atoms with Crippen molar-refractivity contribution >= 4 is 16.4 Å². The van der Waals surface area contributed by atoms with Gasteiger partial charge in [-0.3, -0.25) is 9.11 Å². The smallest absolute Gasteiger partial charge is 0.394 e. The van der Waals surface area contributed by atoms with E-state index in [-0.39, 0.29) is 5.97 Å². The number of esters is 1. The average molecular weight is 284 g/mol. The highest BCUT2D eigenvalue weighted by Crippen LogP contribution is 2.00. The van der Waals surface area contributed by atoms with Gasteiger partial charge in [0.05, 0.1) is 34.8 Å². The highest BCUT2D eigenvalue weighted by molar-refractivity contribution is 7.79. The maximum absolute atomic E-state index is 11.0. The lowest BCUT2D eigenvalue weighted by atomic mass is 10.2. The highest BCUT2D eigenvalue weighted by Gasteiger charge is 2.06. The Labute approximate surface area is 108 Å². The van der Waals surface area contributed by atoms with Gasteiger partial charge in [0, 0.05) is 12.0 Å². The predicted octanol–water partition coefficient (Wildman–Crippen LogP) is 0.549. The fourth-order valence-electron chi connectivity index (χ4n) is 0.913. The third-order valence-electron chi connectivity index (χ3n) is 1.76. The SMILES string of the molecule is COC(=O)C(C)=CCC[N+](C)(C)C.O=S(=O)(O)O. The summed E-state index contributed by atoms with van der Waals surface area (Å²) in [7, 11) is 3.11. The van der Waals surface area contributed by atoms with Gasteiger partial charge in [-0.2, -0.15) is 8.42 Å². The Balaban J connectivity index is 0. The molecule has 8 heteroatoms. The quantitative estimate of drug-likeness (QED) is 0.338. The number of methoxy groups -OCH3 is 1. The molecule has 0 heterocycles. The molecule has 0 rings (SSSR count). The molecule has 18 heavy (non-hydrogen) atoms. The van der Waals surface area contributed by atoms with E-state index in [1.54, 1.807) is 6.92 Å². The lowest BCUT2D eigenvalue weighted by Gasteiger charge is -2.22. The molecule has 0 spiro atoms. The Morgan fingerprint density at radius 1 is 1.28 bits per heavy atom. The first-order valence-electron chi connectivity index (χ1n) is 5.12. The Kier molecular flexibility index (Phi) is 8.83. The molecular formula is C10H22NO6S+. The third kappa shape index (κ3) is 20.5. The maximum atomic E-state index is 11.0. The van der Waals surface area contributed by atoms with Gasteiger partial charge in [0.1, 0.15) is 0 Å². The van der Waals surface area contributed by atoms with Crippen LogP contribution in [0.3, 0.4) is 0 Å². The van der Waals surface area contributed by atoms with Crippen LogP contribution in [-0.4, -0.2) is 62.8 Å². The molecule has 0 aromatic heterocycles. The lowest BCUT2D eigenvalue weighted by Crippen LogP contribution is -2.35. The van der Waals surface area contributed by atoms with Crippen molar-refractivity contribution < 1.29 is 31.5 Å². The molecule has 0 aliphatic carbocycles. The van der Waals surface area contributed by atoms with Crippen molar-refractivity contribution in [3.05, 3.63) is 11.6 Å². The highest BCUT2D eigenvalue weighted by atomic mass is 32.3. The van der Waals surface area contributed by atoms with Crippen molar-refractivity contribution in [3.8, 4) is 0 Å². The number of rotatable bonds is 4. The molecule has 0 atom stereocenters. The first kappa shape index (κ1) is 19.4. The second-order valence-electron chi connectivity index (χ2n) is 4.63. The number of carbonyl (C=O) groups is 1. The van der Waals surface area contributed by atoms with Crippen molar-refractivity contribution in [2.24, 2.45) is 0 Å². The summed E-state index contributed by atoms with van der Waals surface area (Å²) in [5, 5.41) is 0. The first-order valence-corrected chi connectivity index (χ1v) is 6.52. The normalized spacial score (nSPS) is 12.5. The van der Waals surface area contributed by atoms with Crippen LogP contribution in [0.2, 0.25) is 0 Å². The Morgan fingerprint density at radius 2 is 1.67 bits per heavy atom. The summed E-state index contributed by atoms with van der Waals surface area (Å²) >= 11 is 0. The van der Waals surface area contributed by atoms with E-state index < -0.39 is 10.4 Å². The molecule has 108 valence electrons.